The van der Waals surface area contributed by atoms with Crippen molar-refractivity contribution in [1.29, 1.82) is 0 Å². The predicted molar refractivity (Wildman–Crippen MR) is 94.4 cm³/mol. The topological polar surface area (TPSA) is 68.3 Å². The number of sulfone groups is 1. The minimum atomic E-state index is -3.24. The van der Waals surface area contributed by atoms with E-state index < -0.39 is 15.8 Å². The summed E-state index contributed by atoms with van der Waals surface area (Å²) >= 11 is 1.17. The van der Waals surface area contributed by atoms with Gasteiger partial charge in [-0.25, -0.2) is 8.42 Å². The predicted octanol–water partition coefficient (Wildman–Crippen LogP) is 3.29. The van der Waals surface area contributed by atoms with Gasteiger partial charge in [0.05, 0.1) is 16.6 Å². The number of ketones is 1. The molecule has 0 bridgehead atoms. The largest absolute Gasteiger partial charge is 0.299 e. The zero-order chi connectivity index (χ0) is 17.8. The van der Waals surface area contributed by atoms with Gasteiger partial charge in [0.25, 0.3) is 0 Å². The lowest BCUT2D eigenvalue weighted by Crippen LogP contribution is -2.25. The number of hydrogen-bond donors (Lipinski definition) is 0. The number of Topliss-reactive ketones (excluding diaryl/α,β-unsaturated/α-hetero) is 1. The van der Waals surface area contributed by atoms with Crippen molar-refractivity contribution in [2.75, 3.05) is 5.75 Å². The second kappa shape index (κ2) is 7.62. The first-order valence-electron chi connectivity index (χ1n) is 7.51. The summed E-state index contributed by atoms with van der Waals surface area (Å²) in [5.74, 6) is -0.826. The number of carbonyl (C=O) groups excluding carboxylic acids is 2. The molecule has 0 spiro atoms. The van der Waals surface area contributed by atoms with Crippen LogP contribution in [0.4, 0.5) is 0 Å². The van der Waals surface area contributed by atoms with Crippen LogP contribution in [0.5, 0.6) is 0 Å². The van der Waals surface area contributed by atoms with E-state index in [4.69, 9.17) is 0 Å². The lowest BCUT2D eigenvalue weighted by molar-refractivity contribution is -0.127. The Kier molecular flexibility index (Phi) is 6.59. The molecule has 0 aliphatic carbocycles. The fourth-order valence-corrected chi connectivity index (χ4v) is 3.88. The first-order valence-corrected chi connectivity index (χ1v) is 9.98. The summed E-state index contributed by atoms with van der Waals surface area (Å²) in [4.78, 5) is 24.4. The van der Waals surface area contributed by atoms with E-state index in [2.05, 4.69) is 0 Å². The summed E-state index contributed by atoms with van der Waals surface area (Å²) in [6, 6.07) is 6.42. The molecule has 6 heteroatoms. The van der Waals surface area contributed by atoms with Crippen LogP contribution in [-0.2, 0) is 25.8 Å². The number of rotatable bonds is 6. The van der Waals surface area contributed by atoms with Crippen molar-refractivity contribution in [3.63, 3.8) is 0 Å². The van der Waals surface area contributed by atoms with E-state index in [9.17, 15) is 18.0 Å². The number of hydrogen-bond acceptors (Lipinski definition) is 5. The fourth-order valence-electron chi connectivity index (χ4n) is 2.00. The molecule has 0 amide bonds. The molecule has 0 fully saturated rings. The van der Waals surface area contributed by atoms with Crippen LogP contribution in [0.2, 0.25) is 0 Å². The second-order valence-corrected chi connectivity index (χ2v) is 10.6. The number of benzene rings is 1. The Bertz CT molecular complexity index is 668. The molecule has 1 rings (SSSR count). The van der Waals surface area contributed by atoms with Crippen LogP contribution in [0, 0.1) is 5.92 Å². The lowest BCUT2D eigenvalue weighted by atomic mass is 9.97. The Hall–Kier alpha value is -1.14. The van der Waals surface area contributed by atoms with Gasteiger partial charge in [0.2, 0.25) is 0 Å². The van der Waals surface area contributed by atoms with E-state index in [1.807, 2.05) is 20.8 Å². The smallest absolute Gasteiger partial charge is 0.200 e. The fraction of sp³-hybridized carbons (Fsp3) is 0.529. The molecule has 23 heavy (non-hydrogen) atoms. The summed E-state index contributed by atoms with van der Waals surface area (Å²) in [7, 11) is -3.24. The van der Waals surface area contributed by atoms with Crippen molar-refractivity contribution >= 4 is 32.5 Å². The third-order valence-corrected chi connectivity index (χ3v) is 6.13. The van der Waals surface area contributed by atoms with Gasteiger partial charge in [-0.1, -0.05) is 51.6 Å². The molecular formula is C17H24O4S2. The highest BCUT2D eigenvalue weighted by Gasteiger charge is 2.28. The lowest BCUT2D eigenvalue weighted by Gasteiger charge is -2.20. The molecule has 1 aromatic carbocycles. The van der Waals surface area contributed by atoms with Gasteiger partial charge in [0, 0.05) is 4.75 Å². The number of thioether (sulfide) groups is 1. The normalized spacial score (nSPS) is 13.6. The molecule has 0 saturated heterocycles. The van der Waals surface area contributed by atoms with Crippen LogP contribution in [0.1, 0.15) is 40.2 Å². The molecular weight excluding hydrogens is 332 g/mol. The van der Waals surface area contributed by atoms with Crippen molar-refractivity contribution < 1.29 is 18.0 Å². The van der Waals surface area contributed by atoms with Crippen molar-refractivity contribution in [1.82, 2.24) is 0 Å². The standard InChI is InChI=1S/C17H24O4S2/c1-6-23(20,21)14-9-7-13(8-10-14)11-15(12(2)18)16(19)22-17(3,4)5/h7-10,15H,6,11H2,1-5H3. The average molecular weight is 357 g/mol. The Morgan fingerprint density at radius 3 is 2.04 bits per heavy atom. The third-order valence-electron chi connectivity index (χ3n) is 3.28. The maximum Gasteiger partial charge on any atom is 0.200 e. The third kappa shape index (κ3) is 6.11. The van der Waals surface area contributed by atoms with E-state index in [0.29, 0.717) is 6.42 Å². The molecule has 4 nitrogen and oxygen atoms in total. The molecule has 1 atom stereocenters. The second-order valence-electron chi connectivity index (χ2n) is 6.45. The Morgan fingerprint density at radius 1 is 1.13 bits per heavy atom. The monoisotopic (exact) mass is 356 g/mol. The molecule has 0 heterocycles. The molecule has 0 aromatic heterocycles. The summed E-state index contributed by atoms with van der Waals surface area (Å²) in [5.41, 5.74) is 0.781. The Morgan fingerprint density at radius 2 is 1.65 bits per heavy atom. The maximum atomic E-state index is 12.3. The van der Waals surface area contributed by atoms with E-state index in [1.54, 1.807) is 19.1 Å². The van der Waals surface area contributed by atoms with Gasteiger partial charge in [-0.3, -0.25) is 9.59 Å². The quantitative estimate of drug-likeness (QED) is 0.732. The van der Waals surface area contributed by atoms with Crippen LogP contribution in [0.25, 0.3) is 0 Å². The zero-order valence-electron chi connectivity index (χ0n) is 14.3. The zero-order valence-corrected chi connectivity index (χ0v) is 15.9. The molecule has 0 aliphatic heterocycles. The van der Waals surface area contributed by atoms with Crippen LogP contribution in [0.15, 0.2) is 29.2 Å². The van der Waals surface area contributed by atoms with Crippen molar-refractivity contribution in [2.24, 2.45) is 5.92 Å². The molecule has 0 saturated carbocycles. The van der Waals surface area contributed by atoms with E-state index in [-0.39, 0.29) is 26.3 Å². The summed E-state index contributed by atoms with van der Waals surface area (Å²) in [6.07, 6.45) is 0.295. The highest BCUT2D eigenvalue weighted by atomic mass is 32.2. The van der Waals surface area contributed by atoms with E-state index >= 15 is 0 Å². The van der Waals surface area contributed by atoms with E-state index in [0.717, 1.165) is 5.56 Å². The van der Waals surface area contributed by atoms with Gasteiger partial charge >= 0.3 is 0 Å². The van der Waals surface area contributed by atoms with E-state index in [1.165, 1.54) is 30.8 Å². The van der Waals surface area contributed by atoms with Crippen LogP contribution in [-0.4, -0.2) is 29.8 Å². The van der Waals surface area contributed by atoms with Crippen LogP contribution in [0.3, 0.4) is 0 Å². The average Bonchev–Trinajstić information content (AvgIpc) is 2.43. The first-order chi connectivity index (χ1) is 10.5. The SMILES string of the molecule is CCS(=O)(=O)c1ccc(CC(C(C)=O)C(=O)SC(C)(C)C)cc1. The van der Waals surface area contributed by atoms with Gasteiger partial charge in [-0.05, 0) is 31.0 Å². The highest BCUT2D eigenvalue weighted by molar-refractivity contribution is 8.14. The van der Waals surface area contributed by atoms with Crippen LogP contribution < -0.4 is 0 Å². The summed E-state index contributed by atoms with van der Waals surface area (Å²) in [5, 5.41) is -0.143. The molecule has 128 valence electrons. The van der Waals surface area contributed by atoms with Crippen LogP contribution >= 0.6 is 11.8 Å². The molecule has 0 aliphatic rings. The highest BCUT2D eigenvalue weighted by Crippen LogP contribution is 2.29. The van der Waals surface area contributed by atoms with Crippen molar-refractivity contribution in [2.45, 2.75) is 50.7 Å². The van der Waals surface area contributed by atoms with Gasteiger partial charge in [0.15, 0.2) is 15.0 Å². The maximum absolute atomic E-state index is 12.3. The first kappa shape index (κ1) is 19.9. The van der Waals surface area contributed by atoms with Gasteiger partial charge in [0.1, 0.15) is 5.78 Å². The van der Waals surface area contributed by atoms with Crippen molar-refractivity contribution in [3.05, 3.63) is 29.8 Å². The Balaban J connectivity index is 2.94. The minimum Gasteiger partial charge on any atom is -0.299 e. The van der Waals surface area contributed by atoms with Crippen molar-refractivity contribution in [3.8, 4) is 0 Å². The van der Waals surface area contributed by atoms with Gasteiger partial charge in [-0.2, -0.15) is 0 Å². The summed E-state index contributed by atoms with van der Waals surface area (Å²) in [6.45, 7) is 8.80. The van der Waals surface area contributed by atoms with Gasteiger partial charge < -0.3 is 0 Å². The summed E-state index contributed by atoms with van der Waals surface area (Å²) < 4.78 is 23.3. The Labute approximate surface area is 143 Å². The minimum absolute atomic E-state index is 0.0448. The molecule has 0 N–H and O–H groups in total. The van der Waals surface area contributed by atoms with Gasteiger partial charge in [-0.15, -0.1) is 0 Å². The number of carbonyl (C=O) groups is 2. The molecule has 0 radical (unpaired) electrons. The molecule has 1 aromatic rings. The molecule has 1 unspecified atom stereocenters.